The van der Waals surface area contributed by atoms with Crippen molar-refractivity contribution in [2.45, 2.75) is 121 Å². The van der Waals surface area contributed by atoms with Crippen molar-refractivity contribution in [3.8, 4) is 0 Å². The van der Waals surface area contributed by atoms with E-state index in [4.69, 9.17) is 11.5 Å². The molecule has 0 radical (unpaired) electrons. The molecular formula is C28H51N3OS. The van der Waals surface area contributed by atoms with Gasteiger partial charge in [0.25, 0.3) is 0 Å². The highest BCUT2D eigenvalue weighted by Crippen LogP contribution is 2.57. The van der Waals surface area contributed by atoms with E-state index < -0.39 is 0 Å². The van der Waals surface area contributed by atoms with Gasteiger partial charge in [-0.25, -0.2) is 0 Å². The van der Waals surface area contributed by atoms with Crippen molar-refractivity contribution >= 4 is 12.6 Å². The molecule has 4 nitrogen and oxygen atoms in total. The highest BCUT2D eigenvalue weighted by molar-refractivity contribution is 7.80. The van der Waals surface area contributed by atoms with Gasteiger partial charge in [-0.2, -0.15) is 12.6 Å². The molecule has 0 amide bonds. The van der Waals surface area contributed by atoms with Crippen molar-refractivity contribution in [3.05, 3.63) is 35.7 Å². The Morgan fingerprint density at radius 2 is 1.91 bits per heavy atom. The molecule has 4 aliphatic carbocycles. The van der Waals surface area contributed by atoms with Crippen LogP contribution in [-0.2, 0) is 6.42 Å². The number of aryl methyl sites for hydroxylation is 1. The molecule has 0 aliphatic heterocycles. The van der Waals surface area contributed by atoms with Gasteiger partial charge in [-0.3, -0.25) is 0 Å². The van der Waals surface area contributed by atoms with Crippen molar-refractivity contribution in [3.63, 3.8) is 0 Å². The summed E-state index contributed by atoms with van der Waals surface area (Å²) in [6.45, 7) is 6.12. The second-order valence-corrected chi connectivity index (χ2v) is 11.4. The van der Waals surface area contributed by atoms with Gasteiger partial charge in [-0.05, 0) is 98.8 Å². The number of aliphatic hydroxyl groups is 1. The number of rotatable bonds is 3. The van der Waals surface area contributed by atoms with Crippen molar-refractivity contribution in [2.75, 3.05) is 0 Å². The molecule has 1 heterocycles. The number of hydrogen-bond acceptors (Lipinski definition) is 4. The van der Waals surface area contributed by atoms with Gasteiger partial charge < -0.3 is 21.6 Å². The van der Waals surface area contributed by atoms with Crippen LogP contribution in [-0.4, -0.2) is 32.5 Å². The molecule has 0 spiro atoms. The number of fused-ring (bicyclic) bond motifs is 5. The van der Waals surface area contributed by atoms with Crippen molar-refractivity contribution in [1.82, 2.24) is 4.98 Å². The van der Waals surface area contributed by atoms with Gasteiger partial charge >= 0.3 is 0 Å². The molecule has 33 heavy (non-hydrogen) atoms. The molecule has 4 aliphatic rings. The Morgan fingerprint density at radius 3 is 2.58 bits per heavy atom. The van der Waals surface area contributed by atoms with Crippen molar-refractivity contribution in [2.24, 2.45) is 29.2 Å². The van der Waals surface area contributed by atoms with Gasteiger partial charge in [0, 0.05) is 23.5 Å². The van der Waals surface area contributed by atoms with Crippen LogP contribution < -0.4 is 11.5 Å². The summed E-state index contributed by atoms with van der Waals surface area (Å²) in [5, 5.41) is 10.4. The Morgan fingerprint density at radius 1 is 1.15 bits per heavy atom. The van der Waals surface area contributed by atoms with Crippen LogP contribution in [0, 0.1) is 17.8 Å². The number of thiol groups is 1. The molecular weight excluding hydrogens is 426 g/mol. The van der Waals surface area contributed by atoms with Gasteiger partial charge in [0.2, 0.25) is 0 Å². The lowest BCUT2D eigenvalue weighted by molar-refractivity contribution is 0.0174. The van der Waals surface area contributed by atoms with E-state index in [0.29, 0.717) is 23.0 Å². The van der Waals surface area contributed by atoms with E-state index in [1.54, 1.807) is 0 Å². The predicted molar refractivity (Wildman–Crippen MR) is 146 cm³/mol. The molecule has 5 rings (SSSR count). The Balaban J connectivity index is 0.000000253. The number of allylic oxidation sites excluding steroid dienone is 1. The zero-order valence-corrected chi connectivity index (χ0v) is 21.4. The maximum atomic E-state index is 9.93. The van der Waals surface area contributed by atoms with Crippen molar-refractivity contribution in [1.29, 1.82) is 0 Å². The van der Waals surface area contributed by atoms with Crippen LogP contribution in [0.3, 0.4) is 0 Å². The minimum Gasteiger partial charge on any atom is -0.393 e. The summed E-state index contributed by atoms with van der Waals surface area (Å²) in [5.74, 6) is 1.99. The average Bonchev–Trinajstić information content (AvgIpc) is 3.44. The molecule has 0 bridgehead atoms. The van der Waals surface area contributed by atoms with Crippen LogP contribution >= 0.6 is 12.6 Å². The molecule has 7 atom stereocenters. The molecule has 190 valence electrons. The number of aromatic amines is 1. The second-order valence-electron chi connectivity index (χ2n) is 10.5. The first kappa shape index (κ1) is 28.5. The summed E-state index contributed by atoms with van der Waals surface area (Å²) in [7, 11) is 0. The molecule has 5 heteroatoms. The van der Waals surface area contributed by atoms with Crippen LogP contribution in [0.15, 0.2) is 30.1 Å². The number of hydrogen-bond donors (Lipinski definition) is 5. The van der Waals surface area contributed by atoms with E-state index in [9.17, 15) is 5.11 Å². The van der Waals surface area contributed by atoms with E-state index in [2.05, 4.69) is 36.7 Å². The van der Waals surface area contributed by atoms with E-state index in [0.717, 1.165) is 44.9 Å². The molecule has 1 aromatic heterocycles. The first-order valence-electron chi connectivity index (χ1n) is 13.1. The van der Waals surface area contributed by atoms with E-state index in [1.165, 1.54) is 36.8 Å². The Hall–Kier alpha value is -0.750. The van der Waals surface area contributed by atoms with Crippen LogP contribution in [0.4, 0.5) is 0 Å². The van der Waals surface area contributed by atoms with Crippen molar-refractivity contribution < 1.29 is 5.11 Å². The lowest BCUT2D eigenvalue weighted by atomic mass is 9.52. The Kier molecular flexibility index (Phi) is 10.6. The lowest BCUT2D eigenvalue weighted by Gasteiger charge is -2.56. The summed E-state index contributed by atoms with van der Waals surface area (Å²) in [5.41, 5.74) is 16.3. The van der Waals surface area contributed by atoms with Crippen LogP contribution in [0.2, 0.25) is 0 Å². The number of aliphatic hydroxyl groups excluding tert-OH is 1. The second kappa shape index (κ2) is 12.3. The molecule has 0 saturated heterocycles. The molecule has 1 aromatic rings. The summed E-state index contributed by atoms with van der Waals surface area (Å²) in [4.78, 5) is 3.03. The monoisotopic (exact) mass is 477 g/mol. The molecule has 0 aromatic carbocycles. The largest absolute Gasteiger partial charge is 0.393 e. The fourth-order valence-electron chi connectivity index (χ4n) is 6.94. The number of nitrogens with one attached hydrogen (secondary N) is 1. The minimum atomic E-state index is -0.168. The van der Waals surface area contributed by atoms with Crippen LogP contribution in [0.25, 0.3) is 0 Å². The topological polar surface area (TPSA) is 88.1 Å². The first-order chi connectivity index (χ1) is 15.3. The van der Waals surface area contributed by atoms with Gasteiger partial charge in [0.15, 0.2) is 0 Å². The van der Waals surface area contributed by atoms with Gasteiger partial charge in [0.1, 0.15) is 0 Å². The van der Waals surface area contributed by atoms with E-state index in [-0.39, 0.29) is 24.6 Å². The fraction of sp³-hybridized carbons (Fsp3) is 0.786. The standard InChI is InChI=1S/C17H28N2O.C8H13NS.C2H6.CH4/c18-16-7-1-2-14(16)13-4-3-11-10-12(20)5-9-17(11,19)15(13)6-8-16;1-7(10)2-3-8-4-5-9-6-8;1-2;/h3,12-15,20H,1-2,4-10,18-19H2;4-7,9-10H,2-3H2,1H3;1-2H3;1H4. The highest BCUT2D eigenvalue weighted by Gasteiger charge is 2.56. The zero-order valence-electron chi connectivity index (χ0n) is 20.5. The smallest absolute Gasteiger partial charge is 0.0578 e. The van der Waals surface area contributed by atoms with E-state index >= 15 is 0 Å². The van der Waals surface area contributed by atoms with Gasteiger partial charge in [0.05, 0.1) is 6.10 Å². The maximum absolute atomic E-state index is 9.93. The number of aromatic nitrogens is 1. The van der Waals surface area contributed by atoms with Gasteiger partial charge in [-0.1, -0.05) is 46.3 Å². The third-order valence-corrected chi connectivity index (χ3v) is 8.86. The van der Waals surface area contributed by atoms with E-state index in [1.807, 2.05) is 26.2 Å². The first-order valence-corrected chi connectivity index (χ1v) is 13.6. The number of nitrogens with two attached hydrogens (primary N) is 2. The fourth-order valence-corrected chi connectivity index (χ4v) is 7.07. The average molecular weight is 478 g/mol. The highest BCUT2D eigenvalue weighted by atomic mass is 32.1. The molecule has 3 fully saturated rings. The summed E-state index contributed by atoms with van der Waals surface area (Å²) in [6, 6.07) is 2.11. The summed E-state index contributed by atoms with van der Waals surface area (Å²) in [6.07, 6.45) is 18.4. The SMILES string of the molecule is C.CC.CC(S)CCc1cc[nH]c1.NC12CCCC1C1CC=C3CC(O)CCC3(N)C1CC2. The maximum Gasteiger partial charge on any atom is 0.0578 e. The number of H-pyrrole nitrogens is 1. The third-order valence-electron chi connectivity index (χ3n) is 8.61. The Bertz CT molecular complexity index is 734. The summed E-state index contributed by atoms with van der Waals surface area (Å²) >= 11 is 4.30. The molecule has 6 N–H and O–H groups in total. The molecule has 3 saturated carbocycles. The Labute approximate surface area is 208 Å². The zero-order chi connectivity index (χ0) is 23.4. The van der Waals surface area contributed by atoms with Crippen LogP contribution in [0.5, 0.6) is 0 Å². The minimum absolute atomic E-state index is 0. The quantitative estimate of drug-likeness (QED) is 0.273. The summed E-state index contributed by atoms with van der Waals surface area (Å²) < 4.78 is 0. The lowest BCUT2D eigenvalue weighted by Crippen LogP contribution is -2.62. The van der Waals surface area contributed by atoms with Crippen LogP contribution in [0.1, 0.15) is 98.0 Å². The van der Waals surface area contributed by atoms with Gasteiger partial charge in [-0.15, -0.1) is 0 Å². The predicted octanol–water partition coefficient (Wildman–Crippen LogP) is 6.01. The normalized spacial score (nSPS) is 37.4. The third kappa shape index (κ3) is 6.28. The molecule has 7 unspecified atom stereocenters.